The molecule has 1 saturated heterocycles. The zero-order chi connectivity index (χ0) is 10.8. The minimum Gasteiger partial charge on any atom is -0.503 e. The maximum atomic E-state index is 9.75. The van der Waals surface area contributed by atoms with E-state index in [9.17, 15) is 5.11 Å². The van der Waals surface area contributed by atoms with Crippen LogP contribution in [-0.2, 0) is 0 Å². The van der Waals surface area contributed by atoms with Gasteiger partial charge in [-0.3, -0.25) is 0 Å². The van der Waals surface area contributed by atoms with E-state index in [4.69, 9.17) is 16.3 Å². The highest BCUT2D eigenvalue weighted by molar-refractivity contribution is 6.33. The Morgan fingerprint density at radius 1 is 1.53 bits per heavy atom. The van der Waals surface area contributed by atoms with Crippen molar-refractivity contribution in [2.45, 2.75) is 18.9 Å². The first kappa shape index (κ1) is 10.6. The van der Waals surface area contributed by atoms with E-state index >= 15 is 0 Å². The van der Waals surface area contributed by atoms with Crippen LogP contribution in [0.3, 0.4) is 0 Å². The van der Waals surface area contributed by atoms with E-state index in [0.29, 0.717) is 10.8 Å². The lowest BCUT2D eigenvalue weighted by Gasteiger charge is -2.14. The highest BCUT2D eigenvalue weighted by Crippen LogP contribution is 2.40. The molecule has 1 atom stereocenters. The number of phenols is 1. The van der Waals surface area contributed by atoms with Crippen molar-refractivity contribution < 1.29 is 9.84 Å². The van der Waals surface area contributed by atoms with Gasteiger partial charge in [0, 0.05) is 6.04 Å². The first-order valence-electron chi connectivity index (χ1n) is 5.02. The van der Waals surface area contributed by atoms with Gasteiger partial charge in [0.1, 0.15) is 0 Å². The summed E-state index contributed by atoms with van der Waals surface area (Å²) < 4.78 is 4.99. The Hall–Kier alpha value is -0.930. The fraction of sp³-hybridized carbons (Fsp3) is 0.455. The second-order valence-electron chi connectivity index (χ2n) is 3.67. The summed E-state index contributed by atoms with van der Waals surface area (Å²) >= 11 is 6.09. The van der Waals surface area contributed by atoms with Gasteiger partial charge in [-0.15, -0.1) is 0 Å². The van der Waals surface area contributed by atoms with Crippen molar-refractivity contribution in [3.8, 4) is 11.5 Å². The van der Waals surface area contributed by atoms with Crippen LogP contribution in [0.25, 0.3) is 0 Å². The normalized spacial score (nSPS) is 20.5. The Balaban J connectivity index is 2.36. The van der Waals surface area contributed by atoms with Crippen molar-refractivity contribution in [1.82, 2.24) is 5.32 Å². The molecule has 15 heavy (non-hydrogen) atoms. The predicted octanol–water partition coefficient (Wildman–Crippen LogP) is 2.48. The van der Waals surface area contributed by atoms with Crippen LogP contribution in [-0.4, -0.2) is 18.8 Å². The molecule has 1 aliphatic rings. The lowest BCUT2D eigenvalue weighted by molar-refractivity contribution is 0.372. The van der Waals surface area contributed by atoms with Crippen LogP contribution < -0.4 is 10.1 Å². The number of rotatable bonds is 2. The fourth-order valence-electron chi connectivity index (χ4n) is 1.95. The monoisotopic (exact) mass is 227 g/mol. The number of aromatic hydroxyl groups is 1. The van der Waals surface area contributed by atoms with Crippen LogP contribution in [0.2, 0.25) is 5.02 Å². The van der Waals surface area contributed by atoms with Gasteiger partial charge in [-0.05, 0) is 31.0 Å². The summed E-state index contributed by atoms with van der Waals surface area (Å²) in [5, 5.41) is 13.5. The van der Waals surface area contributed by atoms with E-state index in [2.05, 4.69) is 5.32 Å². The number of hydrogen-bond acceptors (Lipinski definition) is 3. The van der Waals surface area contributed by atoms with E-state index in [1.54, 1.807) is 6.07 Å². The van der Waals surface area contributed by atoms with Gasteiger partial charge in [0.2, 0.25) is 0 Å². The smallest absolute Gasteiger partial charge is 0.177 e. The fourth-order valence-corrected chi connectivity index (χ4v) is 2.23. The molecule has 0 unspecified atom stereocenters. The van der Waals surface area contributed by atoms with Crippen LogP contribution in [0.15, 0.2) is 12.1 Å². The molecule has 3 nitrogen and oxygen atoms in total. The topological polar surface area (TPSA) is 41.5 Å². The molecule has 0 amide bonds. The molecule has 1 aromatic rings. The number of methoxy groups -OCH3 is 1. The molecule has 0 bridgehead atoms. The number of phenolic OH excluding ortho intramolecular Hbond substituents is 1. The number of benzene rings is 1. The van der Waals surface area contributed by atoms with E-state index < -0.39 is 0 Å². The van der Waals surface area contributed by atoms with Crippen LogP contribution in [0, 0.1) is 0 Å². The lowest BCUT2D eigenvalue weighted by atomic mass is 10.0. The molecule has 2 rings (SSSR count). The summed E-state index contributed by atoms with van der Waals surface area (Å²) in [6.45, 7) is 1.01. The van der Waals surface area contributed by atoms with Crippen LogP contribution >= 0.6 is 11.6 Å². The highest BCUT2D eigenvalue weighted by atomic mass is 35.5. The van der Waals surface area contributed by atoms with Gasteiger partial charge < -0.3 is 15.2 Å². The van der Waals surface area contributed by atoms with Crippen molar-refractivity contribution in [3.63, 3.8) is 0 Å². The molecule has 0 radical (unpaired) electrons. The minimum atomic E-state index is 0.0327. The van der Waals surface area contributed by atoms with Gasteiger partial charge in [-0.1, -0.05) is 17.7 Å². The average Bonchev–Trinajstić information content (AvgIpc) is 2.75. The molecule has 1 aliphatic heterocycles. The average molecular weight is 228 g/mol. The third kappa shape index (κ3) is 1.90. The molecule has 4 heteroatoms. The van der Waals surface area contributed by atoms with Gasteiger partial charge in [0.15, 0.2) is 11.5 Å². The summed E-state index contributed by atoms with van der Waals surface area (Å²) in [6, 6.07) is 3.91. The number of hydrogen-bond donors (Lipinski definition) is 2. The molecular formula is C11H14ClNO2. The summed E-state index contributed by atoms with van der Waals surface area (Å²) in [6.07, 6.45) is 2.21. The molecule has 0 aliphatic carbocycles. The van der Waals surface area contributed by atoms with Gasteiger partial charge in [0.25, 0.3) is 0 Å². The van der Waals surface area contributed by atoms with Crippen molar-refractivity contribution in [3.05, 3.63) is 22.7 Å². The first-order chi connectivity index (χ1) is 7.24. The Bertz CT molecular complexity index is 362. The molecule has 0 aromatic heterocycles. The summed E-state index contributed by atoms with van der Waals surface area (Å²) in [4.78, 5) is 0. The van der Waals surface area contributed by atoms with Gasteiger partial charge in [0.05, 0.1) is 12.1 Å². The van der Waals surface area contributed by atoms with Gasteiger partial charge in [-0.25, -0.2) is 0 Å². The SMILES string of the molecule is COc1ccc([C@H]2CCCN2)c(Cl)c1O. The number of halogens is 1. The summed E-state index contributed by atoms with van der Waals surface area (Å²) in [5.74, 6) is 0.451. The molecule has 1 fully saturated rings. The summed E-state index contributed by atoms with van der Waals surface area (Å²) in [5.41, 5.74) is 0.951. The quantitative estimate of drug-likeness (QED) is 0.816. The molecule has 1 aromatic carbocycles. The Morgan fingerprint density at radius 3 is 2.93 bits per heavy atom. The van der Waals surface area contributed by atoms with E-state index in [1.807, 2.05) is 6.07 Å². The zero-order valence-electron chi connectivity index (χ0n) is 8.59. The van der Waals surface area contributed by atoms with E-state index in [-0.39, 0.29) is 11.8 Å². The van der Waals surface area contributed by atoms with Gasteiger partial charge in [-0.2, -0.15) is 0 Å². The number of nitrogens with one attached hydrogen (secondary N) is 1. The third-order valence-corrected chi connectivity index (χ3v) is 3.16. The molecule has 0 saturated carbocycles. The predicted molar refractivity (Wildman–Crippen MR) is 59.6 cm³/mol. The van der Waals surface area contributed by atoms with Crippen molar-refractivity contribution in [2.75, 3.05) is 13.7 Å². The lowest BCUT2D eigenvalue weighted by Crippen LogP contribution is -2.13. The molecule has 82 valence electrons. The Morgan fingerprint density at radius 2 is 2.33 bits per heavy atom. The standard InChI is InChI=1S/C11H14ClNO2/c1-15-9-5-4-7(10(12)11(9)14)8-3-2-6-13-8/h4-5,8,13-14H,2-3,6H2,1H3/t8-/m1/s1. The molecule has 0 spiro atoms. The first-order valence-corrected chi connectivity index (χ1v) is 5.40. The zero-order valence-corrected chi connectivity index (χ0v) is 9.34. The largest absolute Gasteiger partial charge is 0.503 e. The van der Waals surface area contributed by atoms with E-state index in [0.717, 1.165) is 24.9 Å². The Kier molecular flexibility index (Phi) is 3.03. The van der Waals surface area contributed by atoms with Crippen LogP contribution in [0.4, 0.5) is 0 Å². The molecule has 1 heterocycles. The van der Waals surface area contributed by atoms with Crippen LogP contribution in [0.5, 0.6) is 11.5 Å². The van der Waals surface area contributed by atoms with Crippen molar-refractivity contribution >= 4 is 11.6 Å². The van der Waals surface area contributed by atoms with Crippen molar-refractivity contribution in [1.29, 1.82) is 0 Å². The minimum absolute atomic E-state index is 0.0327. The van der Waals surface area contributed by atoms with E-state index in [1.165, 1.54) is 7.11 Å². The highest BCUT2D eigenvalue weighted by Gasteiger charge is 2.21. The Labute approximate surface area is 94.0 Å². The third-order valence-electron chi connectivity index (χ3n) is 2.76. The molecule has 2 N–H and O–H groups in total. The maximum Gasteiger partial charge on any atom is 0.177 e. The van der Waals surface area contributed by atoms with Crippen molar-refractivity contribution in [2.24, 2.45) is 0 Å². The second kappa shape index (κ2) is 4.29. The van der Waals surface area contributed by atoms with Crippen LogP contribution in [0.1, 0.15) is 24.4 Å². The second-order valence-corrected chi connectivity index (χ2v) is 4.05. The maximum absolute atomic E-state index is 9.75. The molecular weight excluding hydrogens is 214 g/mol. The number of ether oxygens (including phenoxy) is 1. The summed E-state index contributed by atoms with van der Waals surface area (Å²) in [7, 11) is 1.51. The van der Waals surface area contributed by atoms with Gasteiger partial charge >= 0.3 is 0 Å².